The molecule has 0 aliphatic carbocycles. The number of ether oxygens (including phenoxy) is 1. The van der Waals surface area contributed by atoms with Gasteiger partial charge in [0, 0.05) is 24.5 Å². The zero-order valence-corrected chi connectivity index (χ0v) is 11.2. The average Bonchev–Trinajstić information content (AvgIpc) is 2.63. The Morgan fingerprint density at radius 2 is 2.11 bits per heavy atom. The van der Waals surface area contributed by atoms with Gasteiger partial charge in [0.25, 0.3) is 5.91 Å². The molecule has 0 saturated heterocycles. The smallest absolute Gasteiger partial charge is 0.274 e. The van der Waals surface area contributed by atoms with Crippen LogP contribution in [0.15, 0.2) is 30.3 Å². The van der Waals surface area contributed by atoms with E-state index in [1.165, 1.54) is 0 Å². The molecule has 1 heterocycles. The first-order valence-electron chi connectivity index (χ1n) is 5.90. The molecule has 5 nitrogen and oxygen atoms in total. The lowest BCUT2D eigenvalue weighted by molar-refractivity contribution is 0.102. The molecule has 1 aromatic heterocycles. The lowest BCUT2D eigenvalue weighted by Crippen LogP contribution is -2.17. The van der Waals surface area contributed by atoms with E-state index < -0.39 is 0 Å². The number of nitrogens with zero attached hydrogens (tertiary/aromatic N) is 1. The summed E-state index contributed by atoms with van der Waals surface area (Å²) in [6.45, 7) is 1.90. The molecule has 2 rings (SSSR count). The summed E-state index contributed by atoms with van der Waals surface area (Å²) < 4.78 is 6.88. The SMILES string of the molecule is COc1cccc(NC(=O)c2c(N)cc(C)n2C)c1. The van der Waals surface area contributed by atoms with Gasteiger partial charge in [-0.3, -0.25) is 4.79 Å². The van der Waals surface area contributed by atoms with Crippen molar-refractivity contribution in [2.24, 2.45) is 7.05 Å². The summed E-state index contributed by atoms with van der Waals surface area (Å²) in [5.41, 5.74) is 8.39. The highest BCUT2D eigenvalue weighted by molar-refractivity contribution is 6.06. The predicted molar refractivity (Wildman–Crippen MR) is 75.5 cm³/mol. The Labute approximate surface area is 112 Å². The van der Waals surface area contributed by atoms with Gasteiger partial charge in [-0.05, 0) is 25.1 Å². The van der Waals surface area contributed by atoms with E-state index in [2.05, 4.69) is 5.32 Å². The number of aryl methyl sites for hydroxylation is 1. The topological polar surface area (TPSA) is 69.3 Å². The molecule has 19 heavy (non-hydrogen) atoms. The minimum Gasteiger partial charge on any atom is -0.497 e. The fourth-order valence-electron chi connectivity index (χ4n) is 1.93. The third-order valence-electron chi connectivity index (χ3n) is 3.04. The zero-order chi connectivity index (χ0) is 14.0. The molecule has 0 radical (unpaired) electrons. The fraction of sp³-hybridized carbons (Fsp3) is 0.214. The van der Waals surface area contributed by atoms with Gasteiger partial charge in [0.2, 0.25) is 0 Å². The Balaban J connectivity index is 2.25. The molecule has 0 bridgehead atoms. The van der Waals surface area contributed by atoms with Crippen LogP contribution in [-0.2, 0) is 7.05 Å². The van der Waals surface area contributed by atoms with Gasteiger partial charge in [0.15, 0.2) is 0 Å². The van der Waals surface area contributed by atoms with Crippen LogP contribution in [0.1, 0.15) is 16.2 Å². The van der Waals surface area contributed by atoms with Gasteiger partial charge in [-0.1, -0.05) is 6.07 Å². The molecule has 3 N–H and O–H groups in total. The molecule has 0 fully saturated rings. The summed E-state index contributed by atoms with van der Waals surface area (Å²) in [5, 5.41) is 2.81. The van der Waals surface area contributed by atoms with Gasteiger partial charge in [-0.2, -0.15) is 0 Å². The van der Waals surface area contributed by atoms with Crippen molar-refractivity contribution >= 4 is 17.3 Å². The van der Waals surface area contributed by atoms with Crippen molar-refractivity contribution in [2.45, 2.75) is 6.92 Å². The highest BCUT2D eigenvalue weighted by Gasteiger charge is 2.16. The number of rotatable bonds is 3. The number of carbonyl (C=O) groups is 1. The number of nitrogens with one attached hydrogen (secondary N) is 1. The average molecular weight is 259 g/mol. The first-order valence-corrected chi connectivity index (χ1v) is 5.90. The standard InChI is InChI=1S/C14H17N3O2/c1-9-7-12(15)13(17(9)2)14(18)16-10-5-4-6-11(8-10)19-3/h4-8H,15H2,1-3H3,(H,16,18). The molecule has 100 valence electrons. The molecule has 0 unspecified atom stereocenters. The molecule has 0 aliphatic heterocycles. The number of nitrogen functional groups attached to an aromatic ring is 1. The van der Waals surface area contributed by atoms with Crippen molar-refractivity contribution in [3.63, 3.8) is 0 Å². The molecule has 0 atom stereocenters. The maximum Gasteiger partial charge on any atom is 0.274 e. The molecule has 2 aromatic rings. The van der Waals surface area contributed by atoms with E-state index >= 15 is 0 Å². The van der Waals surface area contributed by atoms with Crippen LogP contribution in [0.4, 0.5) is 11.4 Å². The number of methoxy groups -OCH3 is 1. The quantitative estimate of drug-likeness (QED) is 0.887. The minimum absolute atomic E-state index is 0.235. The molecule has 1 aromatic carbocycles. The van der Waals surface area contributed by atoms with E-state index in [-0.39, 0.29) is 5.91 Å². The van der Waals surface area contributed by atoms with Crippen LogP contribution in [0.5, 0.6) is 5.75 Å². The largest absolute Gasteiger partial charge is 0.497 e. The van der Waals surface area contributed by atoms with Crippen LogP contribution >= 0.6 is 0 Å². The Bertz CT molecular complexity index is 617. The summed E-state index contributed by atoms with van der Waals surface area (Å²) in [4.78, 5) is 12.2. The number of anilines is 2. The molecule has 1 amide bonds. The lowest BCUT2D eigenvalue weighted by Gasteiger charge is -2.09. The molecule has 0 saturated carbocycles. The Hall–Kier alpha value is -2.43. The first-order chi connectivity index (χ1) is 9.02. The fourth-order valence-corrected chi connectivity index (χ4v) is 1.93. The Kier molecular flexibility index (Phi) is 3.46. The third-order valence-corrected chi connectivity index (χ3v) is 3.04. The van der Waals surface area contributed by atoms with Gasteiger partial charge in [-0.15, -0.1) is 0 Å². The zero-order valence-electron chi connectivity index (χ0n) is 11.2. The molecular weight excluding hydrogens is 242 g/mol. The summed E-state index contributed by atoms with van der Waals surface area (Å²) in [6, 6.07) is 8.96. The van der Waals surface area contributed by atoms with Gasteiger partial charge in [0.05, 0.1) is 12.8 Å². The van der Waals surface area contributed by atoms with Crippen molar-refractivity contribution in [1.29, 1.82) is 0 Å². The molecule has 0 aliphatic rings. The first kappa shape index (κ1) is 13.0. The Morgan fingerprint density at radius 1 is 1.37 bits per heavy atom. The van der Waals surface area contributed by atoms with E-state index in [1.807, 2.05) is 26.1 Å². The van der Waals surface area contributed by atoms with Crippen molar-refractivity contribution in [2.75, 3.05) is 18.2 Å². The second-order valence-electron chi connectivity index (χ2n) is 4.33. The lowest BCUT2D eigenvalue weighted by atomic mass is 10.2. The van der Waals surface area contributed by atoms with Crippen LogP contribution in [0.25, 0.3) is 0 Å². The van der Waals surface area contributed by atoms with Crippen LogP contribution in [0.3, 0.4) is 0 Å². The predicted octanol–water partition coefficient (Wildman–Crippen LogP) is 2.18. The monoisotopic (exact) mass is 259 g/mol. The molecular formula is C14H17N3O2. The van der Waals surface area contributed by atoms with Crippen molar-refractivity contribution < 1.29 is 9.53 Å². The van der Waals surface area contributed by atoms with Crippen molar-refractivity contribution in [3.8, 4) is 5.75 Å². The second kappa shape index (κ2) is 5.06. The van der Waals surface area contributed by atoms with E-state index in [0.717, 1.165) is 5.69 Å². The van der Waals surface area contributed by atoms with E-state index in [9.17, 15) is 4.79 Å². The van der Waals surface area contributed by atoms with Gasteiger partial charge < -0.3 is 20.4 Å². The number of benzene rings is 1. The maximum absolute atomic E-state index is 12.2. The van der Waals surface area contributed by atoms with Crippen molar-refractivity contribution in [3.05, 3.63) is 41.7 Å². The van der Waals surface area contributed by atoms with E-state index in [1.54, 1.807) is 29.9 Å². The summed E-state index contributed by atoms with van der Waals surface area (Å²) in [6.07, 6.45) is 0. The summed E-state index contributed by atoms with van der Waals surface area (Å²) in [5.74, 6) is 0.454. The highest BCUT2D eigenvalue weighted by atomic mass is 16.5. The summed E-state index contributed by atoms with van der Waals surface area (Å²) >= 11 is 0. The number of hydrogen-bond donors (Lipinski definition) is 2. The Morgan fingerprint density at radius 3 is 2.68 bits per heavy atom. The second-order valence-corrected chi connectivity index (χ2v) is 4.33. The number of aromatic nitrogens is 1. The maximum atomic E-state index is 12.2. The number of hydrogen-bond acceptors (Lipinski definition) is 3. The van der Waals surface area contributed by atoms with Crippen LogP contribution in [0.2, 0.25) is 0 Å². The number of nitrogens with two attached hydrogens (primary N) is 1. The van der Waals surface area contributed by atoms with Crippen molar-refractivity contribution in [1.82, 2.24) is 4.57 Å². The van der Waals surface area contributed by atoms with Gasteiger partial charge in [-0.25, -0.2) is 0 Å². The minimum atomic E-state index is -0.235. The molecule has 5 heteroatoms. The van der Waals surface area contributed by atoms with Crippen LogP contribution in [-0.4, -0.2) is 17.6 Å². The summed E-state index contributed by atoms with van der Waals surface area (Å²) in [7, 11) is 3.39. The number of carbonyl (C=O) groups excluding carboxylic acids is 1. The number of amides is 1. The van der Waals surface area contributed by atoms with E-state index in [4.69, 9.17) is 10.5 Å². The van der Waals surface area contributed by atoms with Crippen LogP contribution in [0, 0.1) is 6.92 Å². The normalized spacial score (nSPS) is 10.3. The molecule has 0 spiro atoms. The van der Waals surface area contributed by atoms with Gasteiger partial charge >= 0.3 is 0 Å². The third kappa shape index (κ3) is 2.54. The van der Waals surface area contributed by atoms with Crippen LogP contribution < -0.4 is 15.8 Å². The van der Waals surface area contributed by atoms with Gasteiger partial charge in [0.1, 0.15) is 11.4 Å². The highest BCUT2D eigenvalue weighted by Crippen LogP contribution is 2.20. The van der Waals surface area contributed by atoms with E-state index in [0.29, 0.717) is 22.8 Å².